The third-order valence-electron chi connectivity index (χ3n) is 3.53. The summed E-state index contributed by atoms with van der Waals surface area (Å²) < 4.78 is 0. The molecule has 1 saturated heterocycles. The van der Waals surface area contributed by atoms with E-state index in [2.05, 4.69) is 23.9 Å². The minimum atomic E-state index is -0.955. The molecule has 0 aromatic carbocycles. The quantitative estimate of drug-likeness (QED) is 0.765. The SMILES string of the molecule is CC(C)N1CCC2(CC1)CC(C(=O)O)=NO2. The van der Waals surface area contributed by atoms with Crippen LogP contribution in [0.2, 0.25) is 0 Å². The smallest absolute Gasteiger partial charge is 0.353 e. The van der Waals surface area contributed by atoms with Gasteiger partial charge in [0.25, 0.3) is 0 Å². The van der Waals surface area contributed by atoms with Gasteiger partial charge in [-0.15, -0.1) is 0 Å². The Balaban J connectivity index is 1.93. The fourth-order valence-corrected chi connectivity index (χ4v) is 2.35. The monoisotopic (exact) mass is 226 g/mol. The van der Waals surface area contributed by atoms with Gasteiger partial charge < -0.3 is 14.8 Å². The Kier molecular flexibility index (Phi) is 2.88. The highest BCUT2D eigenvalue weighted by atomic mass is 16.7. The van der Waals surface area contributed by atoms with Gasteiger partial charge in [-0.2, -0.15) is 0 Å². The van der Waals surface area contributed by atoms with Gasteiger partial charge in [-0.05, 0) is 13.8 Å². The van der Waals surface area contributed by atoms with E-state index in [1.165, 1.54) is 0 Å². The lowest BCUT2D eigenvalue weighted by Gasteiger charge is -2.38. The Bertz CT molecular complexity index is 317. The van der Waals surface area contributed by atoms with Crippen LogP contribution in [0.25, 0.3) is 0 Å². The molecule has 2 heterocycles. The molecule has 0 radical (unpaired) electrons. The lowest BCUT2D eigenvalue weighted by molar-refractivity contribution is -0.129. The molecule has 0 unspecified atom stereocenters. The largest absolute Gasteiger partial charge is 0.477 e. The number of aliphatic carboxylic acids is 1. The molecule has 1 fully saturated rings. The summed E-state index contributed by atoms with van der Waals surface area (Å²) in [6.07, 6.45) is 2.19. The molecule has 0 atom stereocenters. The van der Waals surface area contributed by atoms with E-state index in [1.807, 2.05) is 0 Å². The highest BCUT2D eigenvalue weighted by Gasteiger charge is 2.43. The van der Waals surface area contributed by atoms with E-state index in [-0.39, 0.29) is 11.3 Å². The molecular weight excluding hydrogens is 208 g/mol. The van der Waals surface area contributed by atoms with Crippen molar-refractivity contribution < 1.29 is 14.7 Å². The zero-order chi connectivity index (χ0) is 11.8. The summed E-state index contributed by atoms with van der Waals surface area (Å²) in [5.74, 6) is -0.955. The van der Waals surface area contributed by atoms with Crippen molar-refractivity contribution in [2.24, 2.45) is 5.16 Å². The average molecular weight is 226 g/mol. The van der Waals surface area contributed by atoms with Crippen LogP contribution in [0.3, 0.4) is 0 Å². The van der Waals surface area contributed by atoms with Crippen LogP contribution in [-0.2, 0) is 9.63 Å². The van der Waals surface area contributed by atoms with Gasteiger partial charge >= 0.3 is 5.97 Å². The molecule has 2 aliphatic rings. The molecular formula is C11H18N2O3. The maximum absolute atomic E-state index is 10.8. The molecule has 0 aromatic heterocycles. The molecule has 0 bridgehead atoms. The van der Waals surface area contributed by atoms with Crippen molar-refractivity contribution >= 4 is 11.7 Å². The number of nitrogens with zero attached hydrogens (tertiary/aromatic N) is 2. The van der Waals surface area contributed by atoms with Gasteiger partial charge in [0, 0.05) is 38.4 Å². The summed E-state index contributed by atoms with van der Waals surface area (Å²) in [5.41, 5.74) is -0.169. The van der Waals surface area contributed by atoms with Crippen molar-refractivity contribution in [3.05, 3.63) is 0 Å². The third-order valence-corrected chi connectivity index (χ3v) is 3.53. The van der Waals surface area contributed by atoms with Gasteiger partial charge in [0.05, 0.1) is 0 Å². The van der Waals surface area contributed by atoms with E-state index in [4.69, 9.17) is 9.94 Å². The van der Waals surface area contributed by atoms with Crippen molar-refractivity contribution in [1.29, 1.82) is 0 Å². The second-order valence-electron chi connectivity index (χ2n) is 4.92. The van der Waals surface area contributed by atoms with Crippen LogP contribution in [-0.4, -0.2) is 46.4 Å². The Morgan fingerprint density at radius 1 is 1.50 bits per heavy atom. The standard InChI is InChI=1S/C11H18N2O3/c1-8(2)13-5-3-11(4-6-13)7-9(10(14)15)12-16-11/h8H,3-7H2,1-2H3,(H,14,15). The van der Waals surface area contributed by atoms with Gasteiger partial charge in [-0.1, -0.05) is 5.16 Å². The van der Waals surface area contributed by atoms with Gasteiger partial charge in [0.2, 0.25) is 0 Å². The summed E-state index contributed by atoms with van der Waals surface area (Å²) in [6, 6.07) is 0.540. The summed E-state index contributed by atoms with van der Waals surface area (Å²) >= 11 is 0. The van der Waals surface area contributed by atoms with Crippen LogP contribution in [0, 0.1) is 0 Å². The van der Waals surface area contributed by atoms with E-state index in [0.29, 0.717) is 12.5 Å². The van der Waals surface area contributed by atoms with Crippen molar-refractivity contribution in [2.75, 3.05) is 13.1 Å². The fourth-order valence-electron chi connectivity index (χ4n) is 2.35. The summed E-state index contributed by atoms with van der Waals surface area (Å²) in [4.78, 5) is 18.5. The van der Waals surface area contributed by atoms with Crippen molar-refractivity contribution in [2.45, 2.75) is 44.8 Å². The van der Waals surface area contributed by atoms with Crippen LogP contribution in [0.5, 0.6) is 0 Å². The number of hydrogen-bond donors (Lipinski definition) is 1. The molecule has 2 rings (SSSR count). The van der Waals surface area contributed by atoms with E-state index in [9.17, 15) is 4.79 Å². The molecule has 5 heteroatoms. The van der Waals surface area contributed by atoms with Crippen LogP contribution < -0.4 is 0 Å². The van der Waals surface area contributed by atoms with Gasteiger partial charge in [-0.25, -0.2) is 4.79 Å². The molecule has 0 aromatic rings. The molecule has 0 amide bonds. The Hall–Kier alpha value is -1.10. The maximum atomic E-state index is 10.8. The second kappa shape index (κ2) is 4.05. The predicted molar refractivity (Wildman–Crippen MR) is 59.4 cm³/mol. The maximum Gasteiger partial charge on any atom is 0.353 e. The topological polar surface area (TPSA) is 62.1 Å². The zero-order valence-corrected chi connectivity index (χ0v) is 9.77. The number of hydrogen-bond acceptors (Lipinski definition) is 4. The van der Waals surface area contributed by atoms with E-state index >= 15 is 0 Å². The predicted octanol–water partition coefficient (Wildman–Crippen LogP) is 1.09. The minimum Gasteiger partial charge on any atom is -0.477 e. The number of rotatable bonds is 2. The lowest BCUT2D eigenvalue weighted by Crippen LogP contribution is -2.47. The van der Waals surface area contributed by atoms with Crippen molar-refractivity contribution in [3.63, 3.8) is 0 Å². The number of likely N-dealkylation sites (tertiary alicyclic amines) is 1. The lowest BCUT2D eigenvalue weighted by atomic mass is 9.86. The summed E-state index contributed by atoms with van der Waals surface area (Å²) in [6.45, 7) is 6.26. The van der Waals surface area contributed by atoms with Crippen LogP contribution in [0.1, 0.15) is 33.1 Å². The number of carboxylic acid groups (broad SMARTS) is 1. The van der Waals surface area contributed by atoms with E-state index in [1.54, 1.807) is 0 Å². The Labute approximate surface area is 95.1 Å². The molecule has 0 saturated carbocycles. The first-order valence-corrected chi connectivity index (χ1v) is 5.75. The number of piperidine rings is 1. The van der Waals surface area contributed by atoms with Crippen LogP contribution in [0.4, 0.5) is 0 Å². The Morgan fingerprint density at radius 3 is 2.56 bits per heavy atom. The number of oxime groups is 1. The molecule has 2 aliphatic heterocycles. The van der Waals surface area contributed by atoms with E-state index < -0.39 is 5.97 Å². The molecule has 90 valence electrons. The molecule has 16 heavy (non-hydrogen) atoms. The highest BCUT2D eigenvalue weighted by molar-refractivity contribution is 6.36. The molecule has 5 nitrogen and oxygen atoms in total. The van der Waals surface area contributed by atoms with Gasteiger partial charge in [0.15, 0.2) is 5.71 Å². The molecule has 1 spiro atoms. The molecule has 0 aliphatic carbocycles. The van der Waals surface area contributed by atoms with Crippen molar-refractivity contribution in [3.8, 4) is 0 Å². The van der Waals surface area contributed by atoms with Crippen molar-refractivity contribution in [1.82, 2.24) is 4.90 Å². The molecule has 1 N–H and O–H groups in total. The average Bonchev–Trinajstić information content (AvgIpc) is 2.63. The zero-order valence-electron chi connectivity index (χ0n) is 9.77. The first-order valence-electron chi connectivity index (χ1n) is 5.75. The van der Waals surface area contributed by atoms with Gasteiger partial charge in [0.1, 0.15) is 5.60 Å². The first-order chi connectivity index (χ1) is 7.52. The highest BCUT2D eigenvalue weighted by Crippen LogP contribution is 2.35. The number of carbonyl (C=O) groups is 1. The Morgan fingerprint density at radius 2 is 2.12 bits per heavy atom. The number of carboxylic acids is 1. The normalized spacial score (nSPS) is 24.6. The summed E-state index contributed by atoms with van der Waals surface area (Å²) in [5, 5.41) is 12.5. The third kappa shape index (κ3) is 2.04. The van der Waals surface area contributed by atoms with Crippen LogP contribution in [0.15, 0.2) is 5.16 Å². The van der Waals surface area contributed by atoms with Gasteiger partial charge in [-0.3, -0.25) is 0 Å². The minimum absolute atomic E-state index is 0.165. The van der Waals surface area contributed by atoms with E-state index in [0.717, 1.165) is 25.9 Å². The fraction of sp³-hybridized carbons (Fsp3) is 0.818. The van der Waals surface area contributed by atoms with Crippen LogP contribution >= 0.6 is 0 Å². The summed E-state index contributed by atoms with van der Waals surface area (Å²) in [7, 11) is 0. The first kappa shape index (κ1) is 11.4. The second-order valence-corrected chi connectivity index (χ2v) is 4.92.